The number of carbonyl (C=O) groups is 1. The third kappa shape index (κ3) is 7.43. The maximum atomic E-state index is 12.9. The fraction of sp³-hybridized carbons (Fsp3) is 0.556. The van der Waals surface area contributed by atoms with Crippen LogP contribution in [0, 0.1) is 5.92 Å². The van der Waals surface area contributed by atoms with Crippen LogP contribution in [0.5, 0.6) is 0 Å². The van der Waals surface area contributed by atoms with Crippen LogP contribution in [0.1, 0.15) is 54.4 Å². The van der Waals surface area contributed by atoms with Crippen molar-refractivity contribution in [3.63, 3.8) is 0 Å². The summed E-state index contributed by atoms with van der Waals surface area (Å²) in [6.07, 6.45) is -0.120. The van der Waals surface area contributed by atoms with Crippen molar-refractivity contribution in [2.24, 2.45) is 5.92 Å². The smallest absolute Gasteiger partial charge is 0.393 e. The van der Waals surface area contributed by atoms with Crippen molar-refractivity contribution in [2.45, 2.75) is 56.8 Å². The highest BCUT2D eigenvalue weighted by Gasteiger charge is 2.31. The number of nitrogens with one attached hydrogen (secondary N) is 1. The van der Waals surface area contributed by atoms with Gasteiger partial charge in [0.25, 0.3) is 5.91 Å². The van der Waals surface area contributed by atoms with Crippen LogP contribution in [0.3, 0.4) is 0 Å². The molecule has 1 aliphatic heterocycles. The summed E-state index contributed by atoms with van der Waals surface area (Å²) in [5, 5.41) is 12.7. The van der Waals surface area contributed by atoms with Gasteiger partial charge in [-0.2, -0.15) is 13.2 Å². The molecule has 1 aliphatic carbocycles. The molecular weight excluding hydrogens is 485 g/mol. The number of nitrogens with two attached hydrogens (primary N) is 1. The zero-order chi connectivity index (χ0) is 26.6. The fourth-order valence-electron chi connectivity index (χ4n) is 5.29. The number of rotatable bonds is 8. The SMILES string of the molecule is C[C@@H]1CN(CCOCC(F)(F)F)C[C@H]1c1ccc(-c2cnc(N)c(C(=O)N[C@H]3CC[C@H](O)CC3)c2)cc1. The van der Waals surface area contributed by atoms with Gasteiger partial charge in [0.1, 0.15) is 12.4 Å². The Morgan fingerprint density at radius 2 is 1.86 bits per heavy atom. The molecule has 4 rings (SSSR count). The van der Waals surface area contributed by atoms with Crippen molar-refractivity contribution in [1.29, 1.82) is 0 Å². The molecule has 2 aromatic rings. The quantitative estimate of drug-likeness (QED) is 0.456. The molecule has 202 valence electrons. The van der Waals surface area contributed by atoms with Crippen molar-refractivity contribution in [3.8, 4) is 11.1 Å². The van der Waals surface area contributed by atoms with E-state index in [1.54, 1.807) is 12.3 Å². The summed E-state index contributed by atoms with van der Waals surface area (Å²) in [4.78, 5) is 19.3. The molecule has 2 fully saturated rings. The van der Waals surface area contributed by atoms with Crippen molar-refractivity contribution >= 4 is 11.7 Å². The minimum absolute atomic E-state index is 0.0161. The molecule has 2 atom stereocenters. The predicted molar refractivity (Wildman–Crippen MR) is 135 cm³/mol. The highest BCUT2D eigenvalue weighted by atomic mass is 19.4. The number of pyridine rings is 1. The van der Waals surface area contributed by atoms with Gasteiger partial charge < -0.3 is 25.8 Å². The van der Waals surface area contributed by atoms with E-state index in [0.29, 0.717) is 30.9 Å². The first-order chi connectivity index (χ1) is 17.6. The van der Waals surface area contributed by atoms with E-state index in [-0.39, 0.29) is 36.4 Å². The number of alkyl halides is 3. The number of nitrogen functional groups attached to an aromatic ring is 1. The zero-order valence-corrected chi connectivity index (χ0v) is 21.0. The molecule has 10 heteroatoms. The molecular formula is C27H35F3N4O3. The van der Waals surface area contributed by atoms with E-state index >= 15 is 0 Å². The van der Waals surface area contributed by atoms with Crippen LogP contribution in [-0.2, 0) is 4.74 Å². The molecule has 7 nitrogen and oxygen atoms in total. The van der Waals surface area contributed by atoms with Crippen LogP contribution in [-0.4, -0.2) is 72.1 Å². The Balaban J connectivity index is 1.36. The average molecular weight is 521 g/mol. The Bertz CT molecular complexity index is 1060. The van der Waals surface area contributed by atoms with Crippen LogP contribution < -0.4 is 11.1 Å². The number of aromatic nitrogens is 1. The van der Waals surface area contributed by atoms with Gasteiger partial charge in [0, 0.05) is 43.4 Å². The Hall–Kier alpha value is -2.69. The standard InChI is InChI=1S/C27H35F3N4O3/c1-17-14-34(10-11-37-16-27(28,29)30)15-24(17)19-4-2-18(3-5-19)20-12-23(25(31)32-13-20)26(36)33-21-6-8-22(35)9-7-21/h2-5,12-13,17,21-22,24,35H,6-11,14-16H2,1H3,(H2,31,32)(H,33,36)/t17-,21-,22-,24-/m1/s1. The first-order valence-corrected chi connectivity index (χ1v) is 12.8. The van der Waals surface area contributed by atoms with E-state index < -0.39 is 12.8 Å². The second-order valence-corrected chi connectivity index (χ2v) is 10.3. The van der Waals surface area contributed by atoms with E-state index in [2.05, 4.69) is 34.3 Å². The summed E-state index contributed by atoms with van der Waals surface area (Å²) in [5.41, 5.74) is 9.21. The molecule has 1 aromatic heterocycles. The minimum atomic E-state index is -4.30. The van der Waals surface area contributed by atoms with E-state index in [4.69, 9.17) is 10.5 Å². The molecule has 2 aliphatic rings. The lowest BCUT2D eigenvalue weighted by atomic mass is 9.89. The number of hydrogen-bond acceptors (Lipinski definition) is 6. The summed E-state index contributed by atoms with van der Waals surface area (Å²) in [5.74, 6) is 0.552. The van der Waals surface area contributed by atoms with Crippen LogP contribution >= 0.6 is 0 Å². The predicted octanol–water partition coefficient (Wildman–Crippen LogP) is 3.98. The molecule has 1 amide bonds. The summed E-state index contributed by atoms with van der Waals surface area (Å²) >= 11 is 0. The van der Waals surface area contributed by atoms with Crippen LogP contribution in [0.4, 0.5) is 19.0 Å². The van der Waals surface area contributed by atoms with Gasteiger partial charge in [-0.1, -0.05) is 31.2 Å². The molecule has 1 saturated carbocycles. The van der Waals surface area contributed by atoms with E-state index in [1.807, 2.05) is 12.1 Å². The zero-order valence-electron chi connectivity index (χ0n) is 21.0. The van der Waals surface area contributed by atoms with Crippen molar-refractivity contribution in [2.75, 3.05) is 38.6 Å². The summed E-state index contributed by atoms with van der Waals surface area (Å²) in [6, 6.07) is 9.88. The molecule has 1 aromatic carbocycles. The normalized spacial score (nSPS) is 24.8. The molecule has 0 bridgehead atoms. The number of aliphatic hydroxyl groups is 1. The number of likely N-dealkylation sites (tertiary alicyclic amines) is 1. The van der Waals surface area contributed by atoms with Gasteiger partial charge >= 0.3 is 6.18 Å². The largest absolute Gasteiger partial charge is 0.411 e. The highest BCUT2D eigenvalue weighted by molar-refractivity contribution is 5.99. The number of ether oxygens (including phenoxy) is 1. The number of carbonyl (C=O) groups excluding carboxylic acids is 1. The van der Waals surface area contributed by atoms with E-state index in [1.165, 1.54) is 0 Å². The van der Waals surface area contributed by atoms with Gasteiger partial charge in [0.15, 0.2) is 0 Å². The number of hydrogen-bond donors (Lipinski definition) is 3. The van der Waals surface area contributed by atoms with Gasteiger partial charge in [-0.3, -0.25) is 4.79 Å². The second-order valence-electron chi connectivity index (χ2n) is 10.3. The summed E-state index contributed by atoms with van der Waals surface area (Å²) in [6.45, 7) is 3.04. The number of halogens is 3. The van der Waals surface area contributed by atoms with Crippen LogP contribution in [0.2, 0.25) is 0 Å². The first kappa shape index (κ1) is 27.3. The molecule has 37 heavy (non-hydrogen) atoms. The van der Waals surface area contributed by atoms with Crippen LogP contribution in [0.25, 0.3) is 11.1 Å². The fourth-order valence-corrected chi connectivity index (χ4v) is 5.29. The number of aliphatic hydroxyl groups excluding tert-OH is 1. The van der Waals surface area contributed by atoms with Crippen molar-refractivity contribution in [3.05, 3.63) is 47.7 Å². The van der Waals surface area contributed by atoms with Crippen LogP contribution in [0.15, 0.2) is 36.5 Å². The Morgan fingerprint density at radius 3 is 2.54 bits per heavy atom. The van der Waals surface area contributed by atoms with Crippen molar-refractivity contribution in [1.82, 2.24) is 15.2 Å². The van der Waals surface area contributed by atoms with E-state index in [9.17, 15) is 23.1 Å². The monoisotopic (exact) mass is 520 g/mol. The lowest BCUT2D eigenvalue weighted by Gasteiger charge is -2.26. The third-order valence-corrected chi connectivity index (χ3v) is 7.37. The minimum Gasteiger partial charge on any atom is -0.393 e. The Morgan fingerprint density at radius 1 is 1.16 bits per heavy atom. The topological polar surface area (TPSA) is 101 Å². The maximum absolute atomic E-state index is 12.9. The van der Waals surface area contributed by atoms with Crippen molar-refractivity contribution < 1.29 is 27.8 Å². The van der Waals surface area contributed by atoms with Gasteiger partial charge in [0.2, 0.25) is 0 Å². The maximum Gasteiger partial charge on any atom is 0.411 e. The molecule has 0 radical (unpaired) electrons. The lowest BCUT2D eigenvalue weighted by Crippen LogP contribution is -2.38. The summed E-state index contributed by atoms with van der Waals surface area (Å²) < 4.78 is 41.6. The molecule has 1 saturated heterocycles. The number of anilines is 1. The average Bonchev–Trinajstić information content (AvgIpc) is 3.23. The molecule has 2 heterocycles. The second kappa shape index (κ2) is 11.8. The van der Waals surface area contributed by atoms with E-state index in [0.717, 1.165) is 42.6 Å². The molecule has 0 unspecified atom stereocenters. The first-order valence-electron chi connectivity index (χ1n) is 12.8. The molecule has 4 N–H and O–H groups in total. The van der Waals surface area contributed by atoms with Gasteiger partial charge in [-0.25, -0.2) is 4.98 Å². The van der Waals surface area contributed by atoms with Gasteiger partial charge in [-0.15, -0.1) is 0 Å². The van der Waals surface area contributed by atoms with Gasteiger partial charge in [-0.05, 0) is 48.8 Å². The Labute approximate surface area is 215 Å². The molecule has 0 spiro atoms. The summed E-state index contributed by atoms with van der Waals surface area (Å²) in [7, 11) is 0. The number of benzene rings is 1. The third-order valence-electron chi connectivity index (χ3n) is 7.37. The lowest BCUT2D eigenvalue weighted by molar-refractivity contribution is -0.174. The number of amides is 1. The Kier molecular flexibility index (Phi) is 8.71. The van der Waals surface area contributed by atoms with Gasteiger partial charge in [0.05, 0.1) is 18.3 Å². The number of nitrogens with zero attached hydrogens (tertiary/aromatic N) is 2. The highest BCUT2D eigenvalue weighted by Crippen LogP contribution is 2.33.